The number of nitrogens with one attached hydrogen (secondary N) is 1. The Hall–Kier alpha value is -3.84. The molecule has 0 heterocycles. The molecule has 0 aromatic heterocycles. The van der Waals surface area contributed by atoms with E-state index in [1.54, 1.807) is 55.5 Å². The van der Waals surface area contributed by atoms with Crippen LogP contribution in [0, 0.1) is 34.0 Å². The average molecular weight is 389 g/mol. The molecule has 146 valence electrons. The van der Waals surface area contributed by atoms with Gasteiger partial charge in [0.2, 0.25) is 5.91 Å². The van der Waals surface area contributed by atoms with Gasteiger partial charge in [0.05, 0.1) is 37.3 Å². The molecule has 3 rings (SSSR count). The lowest BCUT2D eigenvalue weighted by atomic mass is 9.98. The number of nitriles is 2. The zero-order chi connectivity index (χ0) is 21.0. The molecular formula is C22H19N3O4. The molecule has 0 saturated heterocycles. The second-order valence-electron chi connectivity index (χ2n) is 6.60. The Balaban J connectivity index is 1.93. The Labute approximate surface area is 168 Å². The van der Waals surface area contributed by atoms with Crippen LogP contribution >= 0.6 is 0 Å². The summed E-state index contributed by atoms with van der Waals surface area (Å²) < 4.78 is 10.2. The fraction of sp³-hybridized carbons (Fsp3) is 0.273. The van der Waals surface area contributed by atoms with Crippen molar-refractivity contribution in [1.29, 1.82) is 10.5 Å². The van der Waals surface area contributed by atoms with Gasteiger partial charge in [-0.2, -0.15) is 10.5 Å². The first-order valence-corrected chi connectivity index (χ1v) is 9.05. The zero-order valence-corrected chi connectivity index (χ0v) is 16.0. The van der Waals surface area contributed by atoms with E-state index in [1.807, 2.05) is 6.07 Å². The van der Waals surface area contributed by atoms with Crippen LogP contribution in [0.4, 0.5) is 5.69 Å². The van der Waals surface area contributed by atoms with Crippen molar-refractivity contribution in [1.82, 2.24) is 0 Å². The molecule has 0 spiro atoms. The van der Waals surface area contributed by atoms with Crippen molar-refractivity contribution >= 4 is 17.6 Å². The van der Waals surface area contributed by atoms with E-state index in [9.17, 15) is 14.9 Å². The lowest BCUT2D eigenvalue weighted by Gasteiger charge is -2.11. The molecule has 1 saturated carbocycles. The van der Waals surface area contributed by atoms with Gasteiger partial charge in [-0.1, -0.05) is 12.1 Å². The molecule has 0 bridgehead atoms. The van der Waals surface area contributed by atoms with Crippen LogP contribution in [-0.2, 0) is 14.3 Å². The molecule has 0 radical (unpaired) electrons. The molecule has 1 amide bonds. The van der Waals surface area contributed by atoms with Gasteiger partial charge in [0, 0.05) is 11.6 Å². The Morgan fingerprint density at radius 1 is 1.10 bits per heavy atom. The number of carbonyl (C=O) groups excluding carboxylic acids is 2. The van der Waals surface area contributed by atoms with Crippen molar-refractivity contribution in [3.8, 4) is 17.9 Å². The smallest absolute Gasteiger partial charge is 0.311 e. The van der Waals surface area contributed by atoms with Gasteiger partial charge in [-0.3, -0.25) is 9.59 Å². The summed E-state index contributed by atoms with van der Waals surface area (Å²) in [4.78, 5) is 25.6. The molecule has 7 heteroatoms. The maximum Gasteiger partial charge on any atom is 0.311 e. The quantitative estimate of drug-likeness (QED) is 0.760. The van der Waals surface area contributed by atoms with E-state index in [-0.39, 0.29) is 6.61 Å². The second kappa shape index (κ2) is 8.04. The fourth-order valence-electron chi connectivity index (χ4n) is 3.54. The number of nitrogens with zero attached hydrogens (tertiary/aromatic N) is 2. The molecule has 1 aliphatic rings. The topological polar surface area (TPSA) is 112 Å². The first kappa shape index (κ1) is 19.9. The van der Waals surface area contributed by atoms with Crippen LogP contribution < -0.4 is 10.1 Å². The van der Waals surface area contributed by atoms with Crippen LogP contribution in [0.1, 0.15) is 24.0 Å². The highest BCUT2D eigenvalue weighted by Crippen LogP contribution is 2.65. The van der Waals surface area contributed by atoms with Gasteiger partial charge in [-0.15, -0.1) is 0 Å². The van der Waals surface area contributed by atoms with Crippen molar-refractivity contribution < 1.29 is 19.1 Å². The summed E-state index contributed by atoms with van der Waals surface area (Å²) in [7, 11) is 1.54. The largest absolute Gasteiger partial charge is 0.497 e. The van der Waals surface area contributed by atoms with Crippen molar-refractivity contribution in [3.05, 3.63) is 59.7 Å². The minimum absolute atomic E-state index is 0.150. The van der Waals surface area contributed by atoms with Crippen LogP contribution in [0.3, 0.4) is 0 Å². The van der Waals surface area contributed by atoms with Crippen LogP contribution in [0.5, 0.6) is 5.75 Å². The molecule has 1 fully saturated rings. The molecule has 7 nitrogen and oxygen atoms in total. The van der Waals surface area contributed by atoms with E-state index in [0.717, 1.165) is 0 Å². The molecule has 2 aromatic carbocycles. The highest BCUT2D eigenvalue weighted by molar-refractivity contribution is 6.06. The van der Waals surface area contributed by atoms with Crippen LogP contribution in [0.15, 0.2) is 48.5 Å². The Kier molecular flexibility index (Phi) is 5.52. The number of hydrogen-bond acceptors (Lipinski definition) is 6. The number of esters is 1. The number of carbonyl (C=O) groups is 2. The van der Waals surface area contributed by atoms with Crippen molar-refractivity contribution in [3.63, 3.8) is 0 Å². The number of rotatable bonds is 6. The number of ether oxygens (including phenoxy) is 2. The molecule has 0 aliphatic heterocycles. The molecular weight excluding hydrogens is 370 g/mol. The van der Waals surface area contributed by atoms with Crippen molar-refractivity contribution in [2.75, 3.05) is 19.0 Å². The third kappa shape index (κ3) is 3.51. The first-order valence-electron chi connectivity index (χ1n) is 9.05. The maximum absolute atomic E-state index is 13.1. The van der Waals surface area contributed by atoms with Crippen LogP contribution in [-0.4, -0.2) is 25.6 Å². The lowest BCUT2D eigenvalue weighted by Crippen LogP contribution is -2.28. The van der Waals surface area contributed by atoms with E-state index >= 15 is 0 Å². The molecule has 29 heavy (non-hydrogen) atoms. The Morgan fingerprint density at radius 2 is 1.76 bits per heavy atom. The minimum atomic E-state index is -1.58. The number of anilines is 1. The third-order valence-corrected chi connectivity index (χ3v) is 5.05. The standard InChI is InChI=1S/C22H19N3O4/c1-3-29-20(26)19-18(15-6-4-14(12-23)5-7-15)22(19,13-24)21(27)25-16-8-10-17(28-2)11-9-16/h4-11,18-19H,3H2,1-2H3,(H,25,27)/t18-,19-,22+/m1/s1. The fourth-order valence-corrected chi connectivity index (χ4v) is 3.54. The van der Waals surface area contributed by atoms with Gasteiger partial charge in [0.1, 0.15) is 5.75 Å². The van der Waals surface area contributed by atoms with E-state index in [2.05, 4.69) is 11.4 Å². The Bertz CT molecular complexity index is 1000. The maximum atomic E-state index is 13.1. The number of methoxy groups -OCH3 is 1. The third-order valence-electron chi connectivity index (χ3n) is 5.05. The summed E-state index contributed by atoms with van der Waals surface area (Å²) in [6.07, 6.45) is 0. The van der Waals surface area contributed by atoms with E-state index in [1.165, 1.54) is 7.11 Å². The summed E-state index contributed by atoms with van der Waals surface area (Å²) in [6.45, 7) is 1.82. The molecule has 1 aliphatic carbocycles. The summed E-state index contributed by atoms with van der Waals surface area (Å²) in [5.74, 6) is -2.11. The van der Waals surface area contributed by atoms with Gasteiger partial charge in [-0.25, -0.2) is 0 Å². The molecule has 1 N–H and O–H groups in total. The monoisotopic (exact) mass is 389 g/mol. The van der Waals surface area contributed by atoms with Gasteiger partial charge >= 0.3 is 5.97 Å². The Morgan fingerprint density at radius 3 is 2.28 bits per heavy atom. The van der Waals surface area contributed by atoms with Gasteiger partial charge in [-0.05, 0) is 48.9 Å². The van der Waals surface area contributed by atoms with Gasteiger partial charge < -0.3 is 14.8 Å². The van der Waals surface area contributed by atoms with Gasteiger partial charge in [0.25, 0.3) is 0 Å². The van der Waals surface area contributed by atoms with Crippen molar-refractivity contribution in [2.45, 2.75) is 12.8 Å². The van der Waals surface area contributed by atoms with Crippen LogP contribution in [0.2, 0.25) is 0 Å². The highest BCUT2D eigenvalue weighted by Gasteiger charge is 2.75. The predicted molar refractivity (Wildman–Crippen MR) is 104 cm³/mol. The van der Waals surface area contributed by atoms with E-state index < -0.39 is 29.1 Å². The number of benzene rings is 2. The van der Waals surface area contributed by atoms with Crippen LogP contribution in [0.25, 0.3) is 0 Å². The molecule has 2 aromatic rings. The normalized spacial score (nSPS) is 21.9. The lowest BCUT2D eigenvalue weighted by molar-refractivity contribution is -0.146. The summed E-state index contributed by atoms with van der Waals surface area (Å²) in [6, 6.07) is 17.3. The number of hydrogen-bond donors (Lipinski definition) is 1. The van der Waals surface area contributed by atoms with E-state index in [4.69, 9.17) is 14.7 Å². The molecule has 3 atom stereocenters. The minimum Gasteiger partial charge on any atom is -0.497 e. The zero-order valence-electron chi connectivity index (χ0n) is 16.0. The van der Waals surface area contributed by atoms with E-state index in [0.29, 0.717) is 22.6 Å². The summed E-state index contributed by atoms with van der Waals surface area (Å²) in [5.41, 5.74) is -0.0142. The summed E-state index contributed by atoms with van der Waals surface area (Å²) in [5, 5.41) is 21.6. The first-order chi connectivity index (χ1) is 14.0. The molecule has 0 unspecified atom stereocenters. The average Bonchev–Trinajstić information content (AvgIpc) is 3.45. The van der Waals surface area contributed by atoms with Gasteiger partial charge in [0.15, 0.2) is 5.41 Å². The number of amides is 1. The highest BCUT2D eigenvalue weighted by atomic mass is 16.5. The predicted octanol–water partition coefficient (Wildman–Crippen LogP) is 2.99. The van der Waals surface area contributed by atoms with Crippen molar-refractivity contribution in [2.24, 2.45) is 11.3 Å². The SMILES string of the molecule is CCOC(=O)[C@H]1[C@@H](c2ccc(C#N)cc2)[C@]1(C#N)C(=O)Nc1ccc(OC)cc1. The summed E-state index contributed by atoms with van der Waals surface area (Å²) >= 11 is 0. The second-order valence-corrected chi connectivity index (χ2v) is 6.60.